The van der Waals surface area contributed by atoms with Crippen LogP contribution in [0.15, 0.2) is 0 Å². The summed E-state index contributed by atoms with van der Waals surface area (Å²) in [5, 5.41) is 19.4. The average molecular weight is 261 g/mol. The number of carboxylic acid groups (broad SMARTS) is 2. The minimum atomic E-state index is -1.11. The summed E-state index contributed by atoms with van der Waals surface area (Å²) in [5.41, 5.74) is 9.81. The standard InChI is InChI=1S/C5H10N2O3.C5H9NO2/c6-3(5(9)10)1-2-4(7)8;7-5(8)4-2-1-3-6-4/h3H,1-2,6H2,(H2,7,8)(H,9,10);4,6H,1-3H2,(H,7,8)/t3-;4-/m00/s1. The second-order valence-electron chi connectivity index (χ2n) is 3.94. The molecule has 0 radical (unpaired) electrons. The first-order chi connectivity index (χ1) is 8.34. The van der Waals surface area contributed by atoms with Crippen LogP contribution in [0.1, 0.15) is 25.7 Å². The minimum absolute atomic E-state index is 0.0213. The third-order valence-electron chi connectivity index (χ3n) is 2.38. The van der Waals surface area contributed by atoms with E-state index < -0.39 is 23.9 Å². The zero-order valence-corrected chi connectivity index (χ0v) is 9.96. The van der Waals surface area contributed by atoms with Gasteiger partial charge in [0.2, 0.25) is 5.91 Å². The molecule has 1 saturated heterocycles. The molecule has 0 aromatic heterocycles. The predicted molar refractivity (Wildman–Crippen MR) is 62.7 cm³/mol. The summed E-state index contributed by atoms with van der Waals surface area (Å²) in [5.74, 6) is -2.36. The zero-order valence-electron chi connectivity index (χ0n) is 9.96. The molecule has 0 aliphatic carbocycles. The smallest absolute Gasteiger partial charge is 0.320 e. The largest absolute Gasteiger partial charge is 0.480 e. The van der Waals surface area contributed by atoms with E-state index in [0.29, 0.717) is 0 Å². The lowest BCUT2D eigenvalue weighted by molar-refractivity contribution is -0.139. The molecule has 0 saturated carbocycles. The number of carboxylic acids is 2. The SMILES string of the molecule is NC(=O)CC[C@H](N)C(=O)O.O=C(O)[C@@H]1CCCN1. The first-order valence-electron chi connectivity index (χ1n) is 5.57. The Bertz CT molecular complexity index is 302. The molecule has 1 fully saturated rings. The number of carbonyl (C=O) groups excluding carboxylic acids is 1. The van der Waals surface area contributed by atoms with E-state index in [1.54, 1.807) is 0 Å². The monoisotopic (exact) mass is 261 g/mol. The lowest BCUT2D eigenvalue weighted by atomic mass is 10.2. The fourth-order valence-electron chi connectivity index (χ4n) is 1.32. The van der Waals surface area contributed by atoms with Crippen LogP contribution in [-0.4, -0.2) is 46.7 Å². The Labute approximate surface area is 104 Å². The maximum Gasteiger partial charge on any atom is 0.320 e. The van der Waals surface area contributed by atoms with Gasteiger partial charge in [0.05, 0.1) is 0 Å². The summed E-state index contributed by atoms with van der Waals surface area (Å²) in [6.45, 7) is 0.858. The van der Waals surface area contributed by atoms with Crippen molar-refractivity contribution in [1.29, 1.82) is 0 Å². The van der Waals surface area contributed by atoms with Crippen LogP contribution in [0.3, 0.4) is 0 Å². The first kappa shape index (κ1) is 16.3. The van der Waals surface area contributed by atoms with Gasteiger partial charge in [0.25, 0.3) is 0 Å². The second-order valence-corrected chi connectivity index (χ2v) is 3.94. The highest BCUT2D eigenvalue weighted by molar-refractivity contribution is 5.77. The van der Waals surface area contributed by atoms with Crippen molar-refractivity contribution in [3.8, 4) is 0 Å². The molecule has 104 valence electrons. The van der Waals surface area contributed by atoms with Gasteiger partial charge in [-0.1, -0.05) is 0 Å². The predicted octanol–water partition coefficient (Wildman–Crippen LogP) is -1.51. The topological polar surface area (TPSA) is 156 Å². The Kier molecular flexibility index (Phi) is 7.64. The average Bonchev–Trinajstić information content (AvgIpc) is 2.79. The van der Waals surface area contributed by atoms with E-state index in [1.807, 2.05) is 0 Å². The quantitative estimate of drug-likeness (QED) is 0.402. The summed E-state index contributed by atoms with van der Waals surface area (Å²) in [6, 6.07) is -1.25. The number of primary amides is 1. The van der Waals surface area contributed by atoms with Gasteiger partial charge in [-0.05, 0) is 25.8 Å². The van der Waals surface area contributed by atoms with Crippen LogP contribution < -0.4 is 16.8 Å². The summed E-state index contributed by atoms with van der Waals surface area (Å²) in [7, 11) is 0. The summed E-state index contributed by atoms with van der Waals surface area (Å²) < 4.78 is 0. The van der Waals surface area contributed by atoms with E-state index in [2.05, 4.69) is 5.32 Å². The summed E-state index contributed by atoms with van der Waals surface area (Å²) in [6.07, 6.45) is 1.91. The molecule has 0 unspecified atom stereocenters. The van der Waals surface area contributed by atoms with Crippen molar-refractivity contribution in [2.75, 3.05) is 6.54 Å². The van der Waals surface area contributed by atoms with Crippen LogP contribution in [0.4, 0.5) is 0 Å². The van der Waals surface area contributed by atoms with E-state index in [1.165, 1.54) is 0 Å². The van der Waals surface area contributed by atoms with Crippen LogP contribution >= 0.6 is 0 Å². The highest BCUT2D eigenvalue weighted by Gasteiger charge is 2.20. The van der Waals surface area contributed by atoms with E-state index in [0.717, 1.165) is 19.4 Å². The minimum Gasteiger partial charge on any atom is -0.480 e. The molecular weight excluding hydrogens is 242 g/mol. The molecule has 8 heteroatoms. The van der Waals surface area contributed by atoms with Gasteiger partial charge in [0, 0.05) is 6.42 Å². The van der Waals surface area contributed by atoms with Gasteiger partial charge in [-0.25, -0.2) is 0 Å². The highest BCUT2D eigenvalue weighted by Crippen LogP contribution is 2.03. The number of aliphatic carboxylic acids is 2. The lowest BCUT2D eigenvalue weighted by Crippen LogP contribution is -2.31. The van der Waals surface area contributed by atoms with Gasteiger partial charge in [-0.2, -0.15) is 0 Å². The van der Waals surface area contributed by atoms with Crippen molar-refractivity contribution in [2.24, 2.45) is 11.5 Å². The van der Waals surface area contributed by atoms with Crippen molar-refractivity contribution >= 4 is 17.8 Å². The van der Waals surface area contributed by atoms with E-state index >= 15 is 0 Å². The second kappa shape index (κ2) is 8.43. The van der Waals surface area contributed by atoms with E-state index in [4.69, 9.17) is 21.7 Å². The number of carbonyl (C=O) groups is 3. The summed E-state index contributed by atoms with van der Waals surface area (Å²) >= 11 is 0. The molecule has 0 aromatic carbocycles. The molecule has 0 aromatic rings. The molecule has 1 rings (SSSR count). The fourth-order valence-corrected chi connectivity index (χ4v) is 1.32. The Morgan fingerprint density at radius 1 is 1.33 bits per heavy atom. The maximum atomic E-state index is 10.1. The summed E-state index contributed by atoms with van der Waals surface area (Å²) in [4.78, 5) is 30.3. The van der Waals surface area contributed by atoms with Crippen molar-refractivity contribution in [3.63, 3.8) is 0 Å². The normalized spacial score (nSPS) is 19.5. The Morgan fingerprint density at radius 2 is 1.94 bits per heavy atom. The van der Waals surface area contributed by atoms with E-state index in [-0.39, 0.29) is 18.9 Å². The highest BCUT2D eigenvalue weighted by atomic mass is 16.4. The van der Waals surface area contributed by atoms with Crippen LogP contribution in [0, 0.1) is 0 Å². The molecular formula is C10H19N3O5. The van der Waals surface area contributed by atoms with E-state index in [9.17, 15) is 14.4 Å². The Hall–Kier alpha value is -1.67. The molecule has 1 heterocycles. The number of amides is 1. The third-order valence-corrected chi connectivity index (χ3v) is 2.38. The first-order valence-corrected chi connectivity index (χ1v) is 5.57. The van der Waals surface area contributed by atoms with Crippen molar-refractivity contribution in [1.82, 2.24) is 5.32 Å². The molecule has 8 nitrogen and oxygen atoms in total. The molecule has 2 atom stereocenters. The van der Waals surface area contributed by atoms with Crippen LogP contribution in [-0.2, 0) is 14.4 Å². The van der Waals surface area contributed by atoms with Gasteiger partial charge in [0.15, 0.2) is 0 Å². The molecule has 0 bridgehead atoms. The van der Waals surface area contributed by atoms with Crippen LogP contribution in [0.5, 0.6) is 0 Å². The lowest BCUT2D eigenvalue weighted by Gasteiger charge is -2.01. The van der Waals surface area contributed by atoms with Gasteiger partial charge in [-0.15, -0.1) is 0 Å². The van der Waals surface area contributed by atoms with Gasteiger partial charge < -0.3 is 27.0 Å². The Morgan fingerprint density at radius 3 is 2.22 bits per heavy atom. The maximum absolute atomic E-state index is 10.1. The van der Waals surface area contributed by atoms with Crippen LogP contribution in [0.2, 0.25) is 0 Å². The number of nitrogens with one attached hydrogen (secondary N) is 1. The van der Waals surface area contributed by atoms with Crippen molar-refractivity contribution < 1.29 is 24.6 Å². The van der Waals surface area contributed by atoms with Crippen LogP contribution in [0.25, 0.3) is 0 Å². The van der Waals surface area contributed by atoms with Crippen molar-refractivity contribution in [2.45, 2.75) is 37.8 Å². The third kappa shape index (κ3) is 7.58. The molecule has 0 spiro atoms. The van der Waals surface area contributed by atoms with Crippen molar-refractivity contribution in [3.05, 3.63) is 0 Å². The zero-order chi connectivity index (χ0) is 14.1. The van der Waals surface area contributed by atoms with Gasteiger partial charge in [0.1, 0.15) is 12.1 Å². The molecule has 1 amide bonds. The Balaban J connectivity index is 0.000000327. The molecule has 7 N–H and O–H groups in total. The molecule has 1 aliphatic heterocycles. The van der Waals surface area contributed by atoms with Gasteiger partial charge in [-0.3, -0.25) is 14.4 Å². The number of hydrogen-bond donors (Lipinski definition) is 5. The molecule has 18 heavy (non-hydrogen) atoms. The number of nitrogens with two attached hydrogens (primary N) is 2. The number of hydrogen-bond acceptors (Lipinski definition) is 5. The number of rotatable bonds is 5. The van der Waals surface area contributed by atoms with Gasteiger partial charge >= 0.3 is 11.9 Å². The fraction of sp³-hybridized carbons (Fsp3) is 0.700. The molecule has 1 aliphatic rings.